The molecule has 89 heavy (non-hydrogen) atoms. The smallest absolute Gasteiger partial charge is 0.313 e. The zero-order valence-electron chi connectivity index (χ0n) is 52.3. The lowest BCUT2D eigenvalue weighted by Crippen LogP contribution is -2.24. The molecule has 532 valence electrons. The molecule has 0 fully saturated rings. The molecule has 0 saturated heterocycles. The maximum absolute atomic E-state index is 11.8. The summed E-state index contributed by atoms with van der Waals surface area (Å²) in [5.74, 6) is -3.59. The first-order valence-electron chi connectivity index (χ1n) is 28.3. The molecule has 0 spiro atoms. The molecule has 0 aromatic carbocycles. The quantitative estimate of drug-likeness (QED) is 0.0215. The van der Waals surface area contributed by atoms with Crippen molar-refractivity contribution in [3.63, 3.8) is 0 Å². The van der Waals surface area contributed by atoms with Crippen LogP contribution in [0.4, 0.5) is 0 Å². The minimum Gasteiger partial charge on any atom is -0.481 e. The van der Waals surface area contributed by atoms with Crippen molar-refractivity contribution in [1.29, 1.82) is 0 Å². The highest BCUT2D eigenvalue weighted by atomic mass is 32.2. The molecule has 0 aliphatic rings. The van der Waals surface area contributed by atoms with Gasteiger partial charge in [0.1, 0.15) is 65.5 Å². The third-order valence-electron chi connectivity index (χ3n) is 14.0. The van der Waals surface area contributed by atoms with Crippen molar-refractivity contribution in [1.82, 2.24) is 0 Å². The number of carboxylic acid groups (broad SMARTS) is 5. The summed E-state index contributed by atoms with van der Waals surface area (Å²) in [6.45, 7) is 29.7. The lowest BCUT2D eigenvalue weighted by atomic mass is 9.83. The molecular formula is C67H132O20S2. The summed E-state index contributed by atoms with van der Waals surface area (Å²) >= 11 is 2.62. The number of hydrogen-bond acceptors (Lipinski definition) is 17. The standard InChI is InChI=1S/C14H24O5S.C13H22O4.C12H20O4.C11H20O4S.C10H18O3.7CH4/c1-4-14(2,3)12(16)5-7-19-10-20-8-6-11(15)9-13(17)18;1-4-13(2,3)11(15)8-6-5-7-10(14)9-12(16)17;1-4-12(2,3)10(14)7-5-6-9(13)8-11(15)16;1-4-11(2,3)9(12)5-6-15-8-16-7-10(13)14;1-4-10(2,3)8(11)6-5-7-9(12)13;;;;;;;/h4-10H2,1-3H3,(H,17,18);4-9H2,1-3H3,(H,16,17);4-8H2,1-3H3,(H,15,16);4-8H2,1-3H3,(H,13,14);4-7H2,1-3H3,(H,12,13);7*1H4. The summed E-state index contributed by atoms with van der Waals surface area (Å²) in [6.07, 6.45) is 7.69. The number of unbranched alkanes of at least 4 members (excludes halogenated alkanes) is 1. The van der Waals surface area contributed by atoms with Crippen LogP contribution < -0.4 is 0 Å². The Labute approximate surface area is 548 Å². The molecule has 5 N–H and O–H groups in total. The van der Waals surface area contributed by atoms with Gasteiger partial charge in [-0.2, -0.15) is 0 Å². The Hall–Kier alpha value is -4.67. The van der Waals surface area contributed by atoms with Crippen LogP contribution in [0.5, 0.6) is 0 Å². The fourth-order valence-corrected chi connectivity index (χ4v) is 7.06. The Bertz CT molecular complexity index is 1990. The highest BCUT2D eigenvalue weighted by Crippen LogP contribution is 2.27. The lowest BCUT2D eigenvalue weighted by Gasteiger charge is -2.20. The molecule has 0 unspecified atom stereocenters. The van der Waals surface area contributed by atoms with Gasteiger partial charge in [-0.05, 0) is 57.8 Å². The summed E-state index contributed by atoms with van der Waals surface area (Å²) in [5, 5.41) is 41.9. The first-order chi connectivity index (χ1) is 37.7. The number of aliphatic carboxylic acids is 5. The van der Waals surface area contributed by atoms with Crippen molar-refractivity contribution in [3.05, 3.63) is 0 Å². The van der Waals surface area contributed by atoms with Gasteiger partial charge in [-0.1, -0.05) is 156 Å². The van der Waals surface area contributed by atoms with E-state index in [0.29, 0.717) is 88.6 Å². The third-order valence-corrected chi connectivity index (χ3v) is 15.6. The fraction of sp³-hybridized carbons (Fsp3) is 0.806. The number of thioether (sulfide) groups is 2. The van der Waals surface area contributed by atoms with Crippen LogP contribution >= 0.6 is 23.5 Å². The molecule has 22 heteroatoms. The summed E-state index contributed by atoms with van der Waals surface area (Å²) in [4.78, 5) is 143. The molecule has 0 amide bonds. The van der Waals surface area contributed by atoms with Crippen LogP contribution in [0.1, 0.15) is 291 Å². The second-order valence-corrected chi connectivity index (χ2v) is 24.9. The minimum atomic E-state index is -1.11. The molecule has 0 aliphatic heterocycles. The van der Waals surface area contributed by atoms with Crippen LogP contribution in [0.2, 0.25) is 0 Å². The maximum atomic E-state index is 11.8. The molecule has 0 heterocycles. The Morgan fingerprint density at radius 1 is 0.303 bits per heavy atom. The molecule has 20 nitrogen and oxygen atoms in total. The van der Waals surface area contributed by atoms with E-state index in [1.807, 2.05) is 104 Å². The maximum Gasteiger partial charge on any atom is 0.313 e. The number of carbonyl (C=O) groups is 13. The van der Waals surface area contributed by atoms with Gasteiger partial charge in [-0.15, -0.1) is 23.5 Å². The van der Waals surface area contributed by atoms with Crippen molar-refractivity contribution in [3.8, 4) is 0 Å². The van der Waals surface area contributed by atoms with E-state index in [1.165, 1.54) is 23.5 Å². The highest BCUT2D eigenvalue weighted by molar-refractivity contribution is 7.99. The van der Waals surface area contributed by atoms with Crippen LogP contribution in [0.25, 0.3) is 0 Å². The first kappa shape index (κ1) is 112. The molecule has 0 radical (unpaired) electrons. The average molecular weight is 1320 g/mol. The SMILES string of the molecule is C.C.C.C.C.C.C.CCC(C)(C)C(=O)CCCC(=O)CC(=O)O.CCC(C)(C)C(=O)CCCC(=O)O.CCC(C)(C)C(=O)CCCCC(=O)CC(=O)O.CCC(C)(C)C(=O)CCOCSCC(=O)O.CCC(C)(C)C(=O)CCOCSCCC(=O)CC(=O)O. The number of Topliss-reactive ketones (excluding diaryl/α,β-unsaturated/α-hetero) is 8. The van der Waals surface area contributed by atoms with E-state index in [1.54, 1.807) is 0 Å². The van der Waals surface area contributed by atoms with Crippen molar-refractivity contribution in [2.45, 2.75) is 291 Å². The fourth-order valence-electron chi connectivity index (χ4n) is 5.84. The third kappa shape index (κ3) is 67.6. The van der Waals surface area contributed by atoms with E-state index in [9.17, 15) is 62.3 Å². The zero-order chi connectivity index (χ0) is 64.9. The minimum absolute atomic E-state index is 0. The summed E-state index contributed by atoms with van der Waals surface area (Å²) in [7, 11) is 0. The lowest BCUT2D eigenvalue weighted by molar-refractivity contribution is -0.142. The van der Waals surface area contributed by atoms with Gasteiger partial charge in [0.2, 0.25) is 0 Å². The van der Waals surface area contributed by atoms with Gasteiger partial charge in [0.25, 0.3) is 0 Å². The number of carboxylic acids is 5. The summed E-state index contributed by atoms with van der Waals surface area (Å²) in [6, 6.07) is 0. The van der Waals surface area contributed by atoms with Crippen LogP contribution in [-0.2, 0) is 71.8 Å². The van der Waals surface area contributed by atoms with E-state index in [-0.39, 0.29) is 157 Å². The summed E-state index contributed by atoms with van der Waals surface area (Å²) < 4.78 is 10.5. The van der Waals surface area contributed by atoms with Crippen molar-refractivity contribution in [2.24, 2.45) is 27.1 Å². The van der Waals surface area contributed by atoms with Crippen LogP contribution in [0.3, 0.4) is 0 Å². The van der Waals surface area contributed by atoms with E-state index in [0.717, 1.165) is 32.1 Å². The Kier molecular flexibility index (Phi) is 78.2. The van der Waals surface area contributed by atoms with Gasteiger partial charge in [0, 0.05) is 90.6 Å². The van der Waals surface area contributed by atoms with Gasteiger partial charge in [-0.3, -0.25) is 62.3 Å². The molecule has 0 saturated carbocycles. The number of hydrogen-bond donors (Lipinski definition) is 5. The highest BCUT2D eigenvalue weighted by Gasteiger charge is 2.28. The van der Waals surface area contributed by atoms with E-state index < -0.39 is 49.1 Å². The molecule has 0 rings (SSSR count). The van der Waals surface area contributed by atoms with Crippen LogP contribution in [0, 0.1) is 27.1 Å². The Morgan fingerprint density at radius 3 is 0.831 bits per heavy atom. The molecule has 0 aromatic rings. The van der Waals surface area contributed by atoms with Gasteiger partial charge >= 0.3 is 29.8 Å². The van der Waals surface area contributed by atoms with Crippen molar-refractivity contribution >= 4 is 99.6 Å². The Balaban J connectivity index is -0.0000000821. The van der Waals surface area contributed by atoms with E-state index in [2.05, 4.69) is 0 Å². The molecule has 0 atom stereocenters. The Morgan fingerprint density at radius 2 is 0.551 bits per heavy atom. The van der Waals surface area contributed by atoms with E-state index >= 15 is 0 Å². The normalized spacial score (nSPS) is 10.4. The van der Waals surface area contributed by atoms with Gasteiger partial charge in [0.05, 0.1) is 30.8 Å². The number of carbonyl (C=O) groups excluding carboxylic acids is 8. The van der Waals surface area contributed by atoms with Crippen molar-refractivity contribution in [2.75, 3.05) is 36.6 Å². The van der Waals surface area contributed by atoms with E-state index in [4.69, 9.17) is 35.0 Å². The predicted octanol–water partition coefficient (Wildman–Crippen LogP) is 16.2. The largest absolute Gasteiger partial charge is 0.481 e. The molecule has 0 aliphatic carbocycles. The molecule has 0 bridgehead atoms. The molecular weight excluding hydrogens is 1190 g/mol. The van der Waals surface area contributed by atoms with Crippen LogP contribution in [0.15, 0.2) is 0 Å². The number of ether oxygens (including phenoxy) is 2. The number of ketones is 8. The topological polar surface area (TPSA) is 342 Å². The average Bonchev–Trinajstić information content (AvgIpc) is 3.37. The predicted molar refractivity (Wildman–Crippen MR) is 366 cm³/mol. The second-order valence-electron chi connectivity index (χ2n) is 22.9. The van der Waals surface area contributed by atoms with Gasteiger partial charge in [0.15, 0.2) is 0 Å². The first-order valence-corrected chi connectivity index (χ1v) is 30.6. The van der Waals surface area contributed by atoms with Gasteiger partial charge in [-0.25, -0.2) is 0 Å². The van der Waals surface area contributed by atoms with Crippen LogP contribution in [-0.4, -0.2) is 138 Å². The number of rotatable bonds is 44. The molecule has 0 aromatic heterocycles. The summed E-state index contributed by atoms with van der Waals surface area (Å²) in [5.41, 5.74) is -1.49. The van der Waals surface area contributed by atoms with Crippen molar-refractivity contribution < 1.29 is 97.3 Å². The monoisotopic (exact) mass is 1320 g/mol. The zero-order valence-corrected chi connectivity index (χ0v) is 53.9. The van der Waals surface area contributed by atoms with Gasteiger partial charge < -0.3 is 35.0 Å². The second kappa shape index (κ2) is 62.2.